The quantitative estimate of drug-likeness (QED) is 0.711. The first-order valence-corrected chi connectivity index (χ1v) is 7.45. The fourth-order valence-corrected chi connectivity index (χ4v) is 2.41. The number of aliphatic hydroxyl groups excluding tert-OH is 1. The van der Waals surface area contributed by atoms with Crippen molar-refractivity contribution in [2.75, 3.05) is 6.61 Å². The van der Waals surface area contributed by atoms with Gasteiger partial charge in [0.05, 0.1) is 23.9 Å². The topological polar surface area (TPSA) is 64.3 Å². The number of rotatable bonds is 6. The number of ether oxygens (including phenoxy) is 1. The monoisotopic (exact) mass is 310 g/mol. The number of aliphatic hydroxyl groups is 1. The molecule has 0 saturated carbocycles. The number of benzene rings is 2. The largest absolute Gasteiger partial charge is 0.491 e. The lowest BCUT2D eigenvalue weighted by Gasteiger charge is -2.13. The van der Waals surface area contributed by atoms with E-state index in [0.717, 1.165) is 11.0 Å². The van der Waals surface area contributed by atoms with Crippen molar-refractivity contribution in [1.82, 2.24) is 9.55 Å². The summed E-state index contributed by atoms with van der Waals surface area (Å²) in [5, 5.41) is 10.2. The van der Waals surface area contributed by atoms with Crippen molar-refractivity contribution in [3.63, 3.8) is 0 Å². The molecule has 5 heteroatoms. The van der Waals surface area contributed by atoms with Gasteiger partial charge in [-0.3, -0.25) is 4.79 Å². The predicted octanol–water partition coefficient (Wildman–Crippen LogP) is 2.68. The Balaban J connectivity index is 1.59. The molecule has 0 aliphatic rings. The summed E-state index contributed by atoms with van der Waals surface area (Å²) in [5.41, 5.74) is 2.53. The highest BCUT2D eigenvalue weighted by atomic mass is 16.5. The van der Waals surface area contributed by atoms with Crippen molar-refractivity contribution >= 4 is 16.8 Å². The lowest BCUT2D eigenvalue weighted by Crippen LogP contribution is -2.23. The van der Waals surface area contributed by atoms with Crippen LogP contribution in [0.15, 0.2) is 54.9 Å². The van der Waals surface area contributed by atoms with Crippen molar-refractivity contribution in [3.05, 3.63) is 60.4 Å². The van der Waals surface area contributed by atoms with E-state index < -0.39 is 6.10 Å². The maximum Gasteiger partial charge on any atom is 0.159 e. The second-order valence-electron chi connectivity index (χ2n) is 5.43. The van der Waals surface area contributed by atoms with Crippen LogP contribution in [-0.2, 0) is 6.54 Å². The molecule has 3 aromatic rings. The first-order valence-electron chi connectivity index (χ1n) is 7.45. The molecule has 0 amide bonds. The van der Waals surface area contributed by atoms with Gasteiger partial charge >= 0.3 is 0 Å². The van der Waals surface area contributed by atoms with Gasteiger partial charge in [0, 0.05) is 5.56 Å². The van der Waals surface area contributed by atoms with Gasteiger partial charge in [-0.25, -0.2) is 4.98 Å². The van der Waals surface area contributed by atoms with Gasteiger partial charge < -0.3 is 14.4 Å². The zero-order chi connectivity index (χ0) is 16.2. The minimum absolute atomic E-state index is 0.0172. The van der Waals surface area contributed by atoms with Crippen LogP contribution in [0.25, 0.3) is 11.0 Å². The van der Waals surface area contributed by atoms with Crippen LogP contribution in [-0.4, -0.2) is 33.2 Å². The first kappa shape index (κ1) is 15.2. The molecule has 23 heavy (non-hydrogen) atoms. The Labute approximate surface area is 134 Å². The molecule has 5 nitrogen and oxygen atoms in total. The van der Waals surface area contributed by atoms with Gasteiger partial charge in [0.2, 0.25) is 0 Å². The van der Waals surface area contributed by atoms with Gasteiger partial charge in [-0.05, 0) is 43.3 Å². The van der Waals surface area contributed by atoms with E-state index in [0.29, 0.717) is 17.9 Å². The Kier molecular flexibility index (Phi) is 4.39. The number of imidazole rings is 1. The number of Topliss-reactive ketones (excluding diaryl/α,β-unsaturated/α-hetero) is 1. The fourth-order valence-electron chi connectivity index (χ4n) is 2.41. The molecule has 1 unspecified atom stereocenters. The maximum atomic E-state index is 11.2. The van der Waals surface area contributed by atoms with Crippen LogP contribution in [0.2, 0.25) is 0 Å². The summed E-state index contributed by atoms with van der Waals surface area (Å²) in [6.07, 6.45) is 1.07. The average Bonchev–Trinajstić information content (AvgIpc) is 2.96. The van der Waals surface area contributed by atoms with Gasteiger partial charge in [0.25, 0.3) is 0 Å². The summed E-state index contributed by atoms with van der Waals surface area (Å²) < 4.78 is 7.47. The summed E-state index contributed by atoms with van der Waals surface area (Å²) in [4.78, 5) is 15.5. The molecule has 0 aliphatic carbocycles. The molecule has 0 bridgehead atoms. The number of aromatic nitrogens is 2. The smallest absolute Gasteiger partial charge is 0.159 e. The van der Waals surface area contributed by atoms with E-state index in [1.807, 2.05) is 28.8 Å². The third kappa shape index (κ3) is 3.57. The maximum absolute atomic E-state index is 11.2. The minimum Gasteiger partial charge on any atom is -0.491 e. The molecule has 2 aromatic carbocycles. The lowest BCUT2D eigenvalue weighted by molar-refractivity contribution is 0.0933. The molecule has 0 saturated heterocycles. The second-order valence-corrected chi connectivity index (χ2v) is 5.43. The van der Waals surface area contributed by atoms with Crippen molar-refractivity contribution in [2.45, 2.75) is 19.6 Å². The number of nitrogens with zero attached hydrogens (tertiary/aromatic N) is 2. The minimum atomic E-state index is -0.653. The van der Waals surface area contributed by atoms with Crippen LogP contribution < -0.4 is 4.74 Å². The molecule has 118 valence electrons. The van der Waals surface area contributed by atoms with E-state index >= 15 is 0 Å². The molecule has 0 spiro atoms. The Morgan fingerprint density at radius 3 is 2.70 bits per heavy atom. The Morgan fingerprint density at radius 1 is 1.22 bits per heavy atom. The number of fused-ring (bicyclic) bond motifs is 1. The van der Waals surface area contributed by atoms with Crippen LogP contribution in [0, 0.1) is 0 Å². The zero-order valence-electron chi connectivity index (χ0n) is 12.8. The van der Waals surface area contributed by atoms with Crippen LogP contribution in [0.3, 0.4) is 0 Å². The standard InChI is InChI=1S/C18H18N2O3/c1-13(21)14-6-8-16(9-7-14)23-11-15(22)10-20-12-19-17-4-2-3-5-18(17)20/h2-9,12,15,22H,10-11H2,1H3. The van der Waals surface area contributed by atoms with Crippen molar-refractivity contribution in [1.29, 1.82) is 0 Å². The highest BCUT2D eigenvalue weighted by molar-refractivity contribution is 5.94. The molecule has 0 aliphatic heterocycles. The Hall–Kier alpha value is -2.66. The van der Waals surface area contributed by atoms with E-state index in [-0.39, 0.29) is 12.4 Å². The number of hydrogen-bond donors (Lipinski definition) is 1. The number of hydrogen-bond acceptors (Lipinski definition) is 4. The van der Waals surface area contributed by atoms with Crippen LogP contribution >= 0.6 is 0 Å². The summed E-state index contributed by atoms with van der Waals surface area (Å²) in [6, 6.07) is 14.7. The number of ketones is 1. The Bertz CT molecular complexity index is 809. The molecule has 1 heterocycles. The third-order valence-corrected chi connectivity index (χ3v) is 3.64. The zero-order valence-corrected chi connectivity index (χ0v) is 12.8. The predicted molar refractivity (Wildman–Crippen MR) is 87.7 cm³/mol. The van der Waals surface area contributed by atoms with Gasteiger partial charge in [-0.1, -0.05) is 12.1 Å². The van der Waals surface area contributed by atoms with Gasteiger partial charge in [-0.2, -0.15) is 0 Å². The molecular formula is C18H18N2O3. The van der Waals surface area contributed by atoms with Crippen molar-refractivity contribution < 1.29 is 14.6 Å². The molecule has 3 rings (SSSR count). The van der Waals surface area contributed by atoms with Crippen molar-refractivity contribution in [3.8, 4) is 5.75 Å². The highest BCUT2D eigenvalue weighted by Gasteiger charge is 2.09. The average molecular weight is 310 g/mol. The molecule has 1 aromatic heterocycles. The lowest BCUT2D eigenvalue weighted by atomic mass is 10.1. The van der Waals surface area contributed by atoms with Crippen LogP contribution in [0.1, 0.15) is 17.3 Å². The normalized spacial score (nSPS) is 12.3. The van der Waals surface area contributed by atoms with Gasteiger partial charge in [-0.15, -0.1) is 0 Å². The van der Waals surface area contributed by atoms with E-state index in [2.05, 4.69) is 4.98 Å². The highest BCUT2D eigenvalue weighted by Crippen LogP contribution is 2.15. The SMILES string of the molecule is CC(=O)c1ccc(OCC(O)Cn2cnc3ccccc32)cc1. The van der Waals surface area contributed by atoms with Crippen molar-refractivity contribution in [2.24, 2.45) is 0 Å². The third-order valence-electron chi connectivity index (χ3n) is 3.64. The molecular weight excluding hydrogens is 292 g/mol. The van der Waals surface area contributed by atoms with E-state index in [9.17, 15) is 9.90 Å². The fraction of sp³-hybridized carbons (Fsp3) is 0.222. The molecule has 0 radical (unpaired) electrons. The van der Waals surface area contributed by atoms with Gasteiger partial charge in [0.1, 0.15) is 18.5 Å². The Morgan fingerprint density at radius 2 is 1.96 bits per heavy atom. The number of carbonyl (C=O) groups excluding carboxylic acids is 1. The van der Waals surface area contributed by atoms with Crippen LogP contribution in [0.5, 0.6) is 5.75 Å². The van der Waals surface area contributed by atoms with Gasteiger partial charge in [0.15, 0.2) is 5.78 Å². The number of para-hydroxylation sites is 2. The molecule has 0 fully saturated rings. The molecule has 1 N–H and O–H groups in total. The van der Waals surface area contributed by atoms with Crippen LogP contribution in [0.4, 0.5) is 0 Å². The van der Waals surface area contributed by atoms with E-state index in [1.54, 1.807) is 30.6 Å². The first-order chi connectivity index (χ1) is 11.1. The van der Waals surface area contributed by atoms with E-state index in [1.165, 1.54) is 6.92 Å². The summed E-state index contributed by atoms with van der Waals surface area (Å²) in [6.45, 7) is 2.10. The van der Waals surface area contributed by atoms with E-state index in [4.69, 9.17) is 4.74 Å². The molecule has 1 atom stereocenters. The second kappa shape index (κ2) is 6.62. The summed E-state index contributed by atoms with van der Waals surface area (Å²) in [5.74, 6) is 0.646. The summed E-state index contributed by atoms with van der Waals surface area (Å²) in [7, 11) is 0. The number of carbonyl (C=O) groups is 1. The summed E-state index contributed by atoms with van der Waals surface area (Å²) >= 11 is 0.